The van der Waals surface area contributed by atoms with E-state index in [4.69, 9.17) is 20.1 Å². The molecule has 14 heavy (non-hydrogen) atoms. The largest absolute Gasteiger partial charge is 0.393 e. The van der Waals surface area contributed by atoms with Gasteiger partial charge in [0, 0.05) is 0 Å². The van der Waals surface area contributed by atoms with Crippen molar-refractivity contribution in [3.63, 3.8) is 0 Å². The van der Waals surface area contributed by atoms with Crippen molar-refractivity contribution in [3.05, 3.63) is 0 Å². The molecule has 1 rings (SSSR count). The van der Waals surface area contributed by atoms with Crippen LogP contribution in [0.3, 0.4) is 0 Å². The minimum atomic E-state index is -0.151. The Morgan fingerprint density at radius 2 is 1.79 bits per heavy atom. The smallest absolute Gasteiger partial charge is 0.130 e. The first-order chi connectivity index (χ1) is 6.76. The van der Waals surface area contributed by atoms with Crippen molar-refractivity contribution in [3.8, 4) is 0 Å². The number of rotatable bonds is 5. The molecule has 0 amide bonds. The van der Waals surface area contributed by atoms with Crippen LogP contribution in [0.15, 0.2) is 0 Å². The van der Waals surface area contributed by atoms with E-state index in [0.717, 1.165) is 6.54 Å². The van der Waals surface area contributed by atoms with Crippen molar-refractivity contribution in [1.82, 2.24) is 0 Å². The number of hydrogen-bond acceptors (Lipinski definition) is 4. The fourth-order valence-corrected chi connectivity index (χ4v) is 2.04. The van der Waals surface area contributed by atoms with Crippen LogP contribution in [-0.2, 0) is 4.74 Å². The van der Waals surface area contributed by atoms with Crippen LogP contribution in [-0.4, -0.2) is 78.5 Å². The van der Waals surface area contributed by atoms with Gasteiger partial charge in [0.25, 0.3) is 0 Å². The minimum absolute atomic E-state index is 0.0108. The highest BCUT2D eigenvalue weighted by atomic mass is 16.5. The molecule has 0 bridgehead atoms. The van der Waals surface area contributed by atoms with Crippen LogP contribution >= 0.6 is 0 Å². The van der Waals surface area contributed by atoms with Crippen molar-refractivity contribution < 1.29 is 24.5 Å². The van der Waals surface area contributed by atoms with E-state index >= 15 is 0 Å². The Hall–Kier alpha value is -0.200. The zero-order valence-corrected chi connectivity index (χ0v) is 8.43. The number of aliphatic hydroxyl groups is 3. The van der Waals surface area contributed by atoms with Crippen molar-refractivity contribution in [1.29, 1.82) is 0 Å². The van der Waals surface area contributed by atoms with Crippen LogP contribution in [0, 0.1) is 0 Å². The van der Waals surface area contributed by atoms with Crippen LogP contribution in [0.4, 0.5) is 0 Å². The molecule has 1 fully saturated rings. The second-order valence-electron chi connectivity index (χ2n) is 3.82. The van der Waals surface area contributed by atoms with Gasteiger partial charge in [0.05, 0.1) is 26.4 Å². The van der Waals surface area contributed by atoms with Crippen molar-refractivity contribution in [2.45, 2.75) is 6.10 Å². The number of quaternary nitrogens is 1. The molecule has 0 spiro atoms. The van der Waals surface area contributed by atoms with E-state index in [1.165, 1.54) is 0 Å². The standard InChI is InChI=1S/C9H20NO4/c11-4-1-10(2-5-12)3-6-14-9(7-10)8-13/h9,11-13H,1-8H2/q+1. The SMILES string of the molecule is OCC[N+]1(CCO)CCOC(CO)C1. The van der Waals surface area contributed by atoms with Crippen LogP contribution < -0.4 is 0 Å². The lowest BCUT2D eigenvalue weighted by molar-refractivity contribution is -0.938. The van der Waals surface area contributed by atoms with Gasteiger partial charge in [0.2, 0.25) is 0 Å². The Labute approximate surface area is 84.1 Å². The average molecular weight is 206 g/mol. The summed E-state index contributed by atoms with van der Waals surface area (Å²) in [5.74, 6) is 0. The van der Waals surface area contributed by atoms with E-state index < -0.39 is 0 Å². The van der Waals surface area contributed by atoms with Gasteiger partial charge in [-0.2, -0.15) is 0 Å². The monoisotopic (exact) mass is 206 g/mol. The lowest BCUT2D eigenvalue weighted by atomic mass is 10.2. The summed E-state index contributed by atoms with van der Waals surface area (Å²) in [6.45, 7) is 3.55. The van der Waals surface area contributed by atoms with E-state index in [0.29, 0.717) is 30.7 Å². The van der Waals surface area contributed by atoms with Gasteiger partial charge < -0.3 is 24.5 Å². The molecule has 1 aliphatic rings. The van der Waals surface area contributed by atoms with Gasteiger partial charge in [-0.25, -0.2) is 0 Å². The zero-order chi connectivity index (χ0) is 10.4. The van der Waals surface area contributed by atoms with Crippen LogP contribution in [0.2, 0.25) is 0 Å². The Morgan fingerprint density at radius 3 is 2.29 bits per heavy atom. The number of aliphatic hydroxyl groups excluding tert-OH is 3. The Morgan fingerprint density at radius 1 is 1.14 bits per heavy atom. The summed E-state index contributed by atoms with van der Waals surface area (Å²) < 4.78 is 6.00. The molecule has 1 unspecified atom stereocenters. The molecule has 0 aromatic heterocycles. The molecule has 0 aromatic rings. The number of nitrogens with zero attached hydrogens (tertiary/aromatic N) is 1. The molecule has 0 aliphatic carbocycles. The van der Waals surface area contributed by atoms with Gasteiger partial charge in [0.1, 0.15) is 32.3 Å². The summed E-state index contributed by atoms with van der Waals surface area (Å²) in [6, 6.07) is 0. The average Bonchev–Trinajstić information content (AvgIpc) is 2.19. The summed E-state index contributed by atoms with van der Waals surface area (Å²) in [5, 5.41) is 26.9. The maximum Gasteiger partial charge on any atom is 0.130 e. The van der Waals surface area contributed by atoms with Gasteiger partial charge in [-0.3, -0.25) is 0 Å². The summed E-state index contributed by atoms with van der Waals surface area (Å²) in [4.78, 5) is 0. The second kappa shape index (κ2) is 5.63. The predicted octanol–water partition coefficient (Wildman–Crippen LogP) is -1.82. The molecular weight excluding hydrogens is 186 g/mol. The van der Waals surface area contributed by atoms with Gasteiger partial charge in [0.15, 0.2) is 0 Å². The number of hydrogen-bond donors (Lipinski definition) is 3. The highest BCUT2D eigenvalue weighted by Crippen LogP contribution is 2.14. The molecule has 84 valence electrons. The van der Waals surface area contributed by atoms with E-state index in [2.05, 4.69) is 0 Å². The van der Waals surface area contributed by atoms with E-state index in [9.17, 15) is 0 Å². The molecule has 1 heterocycles. The molecule has 0 radical (unpaired) electrons. The highest BCUT2D eigenvalue weighted by molar-refractivity contribution is 4.62. The molecule has 1 aliphatic heterocycles. The first-order valence-corrected chi connectivity index (χ1v) is 5.05. The van der Waals surface area contributed by atoms with Gasteiger partial charge in [-0.1, -0.05) is 0 Å². The van der Waals surface area contributed by atoms with E-state index in [-0.39, 0.29) is 25.9 Å². The molecule has 1 atom stereocenters. The maximum atomic E-state index is 9.00. The van der Waals surface area contributed by atoms with Crippen LogP contribution in [0.1, 0.15) is 0 Å². The third-order valence-electron chi connectivity index (χ3n) is 2.86. The van der Waals surface area contributed by atoms with Crippen molar-refractivity contribution in [2.24, 2.45) is 0 Å². The Kier molecular flexibility index (Phi) is 4.77. The van der Waals surface area contributed by atoms with Gasteiger partial charge >= 0.3 is 0 Å². The van der Waals surface area contributed by atoms with Crippen LogP contribution in [0.25, 0.3) is 0 Å². The fraction of sp³-hybridized carbons (Fsp3) is 1.00. The molecule has 5 heteroatoms. The third-order valence-corrected chi connectivity index (χ3v) is 2.86. The normalized spacial score (nSPS) is 26.4. The van der Waals surface area contributed by atoms with E-state index in [1.54, 1.807) is 0 Å². The van der Waals surface area contributed by atoms with Crippen molar-refractivity contribution in [2.75, 3.05) is 52.6 Å². The third kappa shape index (κ3) is 2.90. The van der Waals surface area contributed by atoms with Gasteiger partial charge in [-0.15, -0.1) is 0 Å². The minimum Gasteiger partial charge on any atom is -0.393 e. The van der Waals surface area contributed by atoms with Crippen LogP contribution in [0.5, 0.6) is 0 Å². The quantitative estimate of drug-likeness (QED) is 0.463. The summed E-state index contributed by atoms with van der Waals surface area (Å²) in [7, 11) is 0. The predicted molar refractivity (Wildman–Crippen MR) is 50.7 cm³/mol. The zero-order valence-electron chi connectivity index (χ0n) is 8.43. The summed E-state index contributed by atoms with van der Waals surface area (Å²) in [5.41, 5.74) is 0. The number of ether oxygens (including phenoxy) is 1. The lowest BCUT2D eigenvalue weighted by Gasteiger charge is -2.43. The second-order valence-corrected chi connectivity index (χ2v) is 3.82. The van der Waals surface area contributed by atoms with Gasteiger partial charge in [-0.05, 0) is 0 Å². The first-order valence-electron chi connectivity index (χ1n) is 5.05. The number of morpholine rings is 1. The topological polar surface area (TPSA) is 69.9 Å². The van der Waals surface area contributed by atoms with Crippen molar-refractivity contribution >= 4 is 0 Å². The molecule has 1 saturated heterocycles. The van der Waals surface area contributed by atoms with E-state index in [1.807, 2.05) is 0 Å². The summed E-state index contributed by atoms with van der Waals surface area (Å²) in [6.07, 6.45) is -0.151. The molecule has 0 aromatic carbocycles. The summed E-state index contributed by atoms with van der Waals surface area (Å²) >= 11 is 0. The lowest BCUT2D eigenvalue weighted by Crippen LogP contribution is -2.61. The maximum absolute atomic E-state index is 9.00. The molecular formula is C9H20NO4+. The Balaban J connectivity index is 2.55. The molecule has 3 N–H and O–H groups in total. The Bertz CT molecular complexity index is 153. The first kappa shape index (κ1) is 11.9. The fourth-order valence-electron chi connectivity index (χ4n) is 2.04. The highest BCUT2D eigenvalue weighted by Gasteiger charge is 2.34. The molecule has 5 nitrogen and oxygen atoms in total. The molecule has 0 saturated carbocycles.